The maximum Gasteiger partial charge on any atom is 0.335 e. The van der Waals surface area contributed by atoms with E-state index in [1.54, 1.807) is 38.1 Å². The summed E-state index contributed by atoms with van der Waals surface area (Å²) in [6.45, 7) is 4.25. The molecule has 0 atom stereocenters. The van der Waals surface area contributed by atoms with E-state index >= 15 is 0 Å². The number of pyridine rings is 1. The van der Waals surface area contributed by atoms with Crippen molar-refractivity contribution in [2.75, 3.05) is 13.2 Å². The highest BCUT2D eigenvalue weighted by Crippen LogP contribution is 2.51. The lowest BCUT2D eigenvalue weighted by molar-refractivity contribution is 0.219. The molecule has 1 aromatic carbocycles. The minimum atomic E-state index is -3.14. The van der Waals surface area contributed by atoms with E-state index < -0.39 is 7.60 Å². The number of hydrogen-bond donors (Lipinski definition) is 0. The Labute approximate surface area is 141 Å². The Kier molecular flexibility index (Phi) is 6.60. The number of nitrogens with zero attached hydrogens (tertiary/aromatic N) is 1. The molecular weight excluding hydrogens is 337 g/mol. The van der Waals surface area contributed by atoms with Gasteiger partial charge in [-0.15, -0.1) is 0 Å². The standard InChI is InChI=1S/C16H19ClNO4P/c1-3-20-23(19,21-4-2)12-13-6-5-7-15(10-13)22-16-9-8-14(17)11-18-16/h5-11H,3-4,12H2,1-2H3. The molecule has 0 saturated heterocycles. The van der Waals surface area contributed by atoms with Crippen LogP contribution in [0.1, 0.15) is 19.4 Å². The van der Waals surface area contributed by atoms with E-state index in [4.69, 9.17) is 25.4 Å². The molecule has 0 fully saturated rings. The van der Waals surface area contributed by atoms with Gasteiger partial charge in [0.1, 0.15) is 5.75 Å². The van der Waals surface area contributed by atoms with Crippen molar-refractivity contribution in [3.63, 3.8) is 0 Å². The maximum absolute atomic E-state index is 12.6. The number of rotatable bonds is 8. The van der Waals surface area contributed by atoms with E-state index in [0.29, 0.717) is 29.9 Å². The van der Waals surface area contributed by atoms with Crippen molar-refractivity contribution in [3.05, 3.63) is 53.2 Å². The highest BCUT2D eigenvalue weighted by Gasteiger charge is 2.24. The van der Waals surface area contributed by atoms with Crippen molar-refractivity contribution in [2.24, 2.45) is 0 Å². The van der Waals surface area contributed by atoms with Gasteiger partial charge in [0, 0.05) is 12.3 Å². The summed E-state index contributed by atoms with van der Waals surface area (Å²) in [4.78, 5) is 4.08. The molecule has 2 rings (SSSR count). The second-order valence-corrected chi connectivity index (χ2v) is 7.16. The van der Waals surface area contributed by atoms with Gasteiger partial charge in [-0.2, -0.15) is 0 Å². The van der Waals surface area contributed by atoms with Crippen LogP contribution in [0, 0.1) is 0 Å². The Morgan fingerprint density at radius 3 is 2.48 bits per heavy atom. The van der Waals surface area contributed by atoms with Crippen molar-refractivity contribution in [3.8, 4) is 11.6 Å². The molecule has 0 saturated carbocycles. The van der Waals surface area contributed by atoms with Crippen LogP contribution in [-0.4, -0.2) is 18.2 Å². The molecule has 0 radical (unpaired) electrons. The van der Waals surface area contributed by atoms with Crippen molar-refractivity contribution in [1.29, 1.82) is 0 Å². The molecule has 0 aliphatic carbocycles. The SMILES string of the molecule is CCOP(=O)(Cc1cccc(Oc2ccc(Cl)cn2)c1)OCC. The van der Waals surface area contributed by atoms with Crippen LogP contribution in [0.15, 0.2) is 42.6 Å². The van der Waals surface area contributed by atoms with Gasteiger partial charge in [0.25, 0.3) is 0 Å². The monoisotopic (exact) mass is 355 g/mol. The zero-order chi connectivity index (χ0) is 16.7. The normalized spacial score (nSPS) is 11.4. The molecule has 23 heavy (non-hydrogen) atoms. The predicted octanol–water partition coefficient (Wildman–Crippen LogP) is 5.29. The second kappa shape index (κ2) is 8.46. The molecule has 0 amide bonds. The zero-order valence-corrected chi connectivity index (χ0v) is 14.7. The fourth-order valence-corrected chi connectivity index (χ4v) is 3.80. The number of hydrogen-bond acceptors (Lipinski definition) is 5. The van der Waals surface area contributed by atoms with Gasteiger partial charge >= 0.3 is 7.60 Å². The topological polar surface area (TPSA) is 57.7 Å². The molecule has 124 valence electrons. The lowest BCUT2D eigenvalue weighted by Crippen LogP contribution is -1.99. The number of aromatic nitrogens is 1. The molecule has 1 aromatic heterocycles. The summed E-state index contributed by atoms with van der Waals surface area (Å²) in [5.41, 5.74) is 0.807. The molecule has 0 bridgehead atoms. The molecule has 5 nitrogen and oxygen atoms in total. The Balaban J connectivity index is 2.12. The highest BCUT2D eigenvalue weighted by molar-refractivity contribution is 7.53. The van der Waals surface area contributed by atoms with Crippen molar-refractivity contribution in [2.45, 2.75) is 20.0 Å². The number of ether oxygens (including phenoxy) is 1. The predicted molar refractivity (Wildman–Crippen MR) is 90.3 cm³/mol. The molecule has 0 unspecified atom stereocenters. The van der Waals surface area contributed by atoms with Gasteiger partial charge < -0.3 is 13.8 Å². The molecule has 1 heterocycles. The molecule has 7 heteroatoms. The summed E-state index contributed by atoms with van der Waals surface area (Å²) < 4.78 is 28.9. The van der Waals surface area contributed by atoms with Gasteiger partial charge in [-0.3, -0.25) is 4.57 Å². The lowest BCUT2D eigenvalue weighted by atomic mass is 10.2. The van der Waals surface area contributed by atoms with E-state index in [1.165, 1.54) is 6.20 Å². The summed E-state index contributed by atoms with van der Waals surface area (Å²) in [6.07, 6.45) is 1.71. The number of benzene rings is 1. The van der Waals surface area contributed by atoms with E-state index in [0.717, 1.165) is 5.56 Å². The van der Waals surface area contributed by atoms with Crippen LogP contribution >= 0.6 is 19.2 Å². The van der Waals surface area contributed by atoms with Crippen molar-refractivity contribution < 1.29 is 18.3 Å². The van der Waals surface area contributed by atoms with Crippen LogP contribution in [0.25, 0.3) is 0 Å². The maximum atomic E-state index is 12.6. The average Bonchev–Trinajstić information content (AvgIpc) is 2.50. The van der Waals surface area contributed by atoms with Crippen LogP contribution in [0.2, 0.25) is 5.02 Å². The second-order valence-electron chi connectivity index (χ2n) is 4.67. The van der Waals surface area contributed by atoms with Crippen LogP contribution in [0.5, 0.6) is 11.6 Å². The fourth-order valence-electron chi connectivity index (χ4n) is 2.00. The Bertz CT molecular complexity index is 668. The van der Waals surface area contributed by atoms with Crippen LogP contribution in [0.4, 0.5) is 0 Å². The van der Waals surface area contributed by atoms with Crippen molar-refractivity contribution in [1.82, 2.24) is 4.98 Å². The highest BCUT2D eigenvalue weighted by atomic mass is 35.5. The largest absolute Gasteiger partial charge is 0.439 e. The third-order valence-electron chi connectivity index (χ3n) is 2.85. The van der Waals surface area contributed by atoms with Gasteiger partial charge in [0.2, 0.25) is 5.88 Å². The van der Waals surface area contributed by atoms with E-state index in [9.17, 15) is 4.57 Å². The van der Waals surface area contributed by atoms with Gasteiger partial charge in [-0.1, -0.05) is 23.7 Å². The molecular formula is C16H19ClNO4P. The first-order chi connectivity index (χ1) is 11.0. The van der Waals surface area contributed by atoms with E-state index in [-0.39, 0.29) is 6.16 Å². The van der Waals surface area contributed by atoms with Crippen LogP contribution in [0.3, 0.4) is 0 Å². The first kappa shape index (κ1) is 18.0. The Morgan fingerprint density at radius 2 is 1.87 bits per heavy atom. The smallest absolute Gasteiger partial charge is 0.335 e. The molecule has 0 N–H and O–H groups in total. The van der Waals surface area contributed by atoms with E-state index in [1.807, 2.05) is 12.1 Å². The minimum absolute atomic E-state index is 0.194. The van der Waals surface area contributed by atoms with Gasteiger partial charge in [-0.05, 0) is 37.6 Å². The third-order valence-corrected chi connectivity index (χ3v) is 5.13. The van der Waals surface area contributed by atoms with Crippen LogP contribution < -0.4 is 4.74 Å². The minimum Gasteiger partial charge on any atom is -0.439 e. The van der Waals surface area contributed by atoms with E-state index in [2.05, 4.69) is 4.98 Å². The first-order valence-corrected chi connectivity index (χ1v) is 9.41. The van der Waals surface area contributed by atoms with Gasteiger partial charge in [0.05, 0.1) is 24.4 Å². The summed E-state index contributed by atoms with van der Waals surface area (Å²) in [5.74, 6) is 1.03. The van der Waals surface area contributed by atoms with Crippen molar-refractivity contribution >= 4 is 19.2 Å². The fraction of sp³-hybridized carbons (Fsp3) is 0.312. The Morgan fingerprint density at radius 1 is 1.13 bits per heavy atom. The summed E-state index contributed by atoms with van der Waals surface area (Å²) in [6, 6.07) is 10.6. The quantitative estimate of drug-likeness (QED) is 0.602. The van der Waals surface area contributed by atoms with Gasteiger partial charge in [0.15, 0.2) is 0 Å². The summed E-state index contributed by atoms with van der Waals surface area (Å²) >= 11 is 5.80. The third kappa shape index (κ3) is 5.63. The summed E-state index contributed by atoms with van der Waals surface area (Å²) in [5, 5.41) is 0.542. The summed E-state index contributed by atoms with van der Waals surface area (Å²) in [7, 11) is -3.14. The van der Waals surface area contributed by atoms with Crippen LogP contribution in [-0.2, 0) is 19.8 Å². The average molecular weight is 356 g/mol. The first-order valence-electron chi connectivity index (χ1n) is 7.31. The molecule has 2 aromatic rings. The Hall–Kier alpha value is -1.39. The lowest BCUT2D eigenvalue weighted by Gasteiger charge is -2.17. The molecule has 0 aliphatic heterocycles. The zero-order valence-electron chi connectivity index (χ0n) is 13.1. The molecule has 0 aliphatic rings. The van der Waals surface area contributed by atoms with Gasteiger partial charge in [-0.25, -0.2) is 4.98 Å². The number of halogens is 1. The molecule has 0 spiro atoms.